The lowest BCUT2D eigenvalue weighted by Crippen LogP contribution is -1.89. The van der Waals surface area contributed by atoms with Crippen LogP contribution in [0.15, 0.2) is 48.6 Å². The van der Waals surface area contributed by atoms with E-state index in [-0.39, 0.29) is 0 Å². The van der Waals surface area contributed by atoms with E-state index in [0.29, 0.717) is 0 Å². The Kier molecular flexibility index (Phi) is 3.09. The van der Waals surface area contributed by atoms with E-state index in [1.807, 2.05) is 0 Å². The molecule has 0 saturated heterocycles. The van der Waals surface area contributed by atoms with Gasteiger partial charge in [-0.2, -0.15) is 0 Å². The van der Waals surface area contributed by atoms with Crippen molar-refractivity contribution < 1.29 is 0 Å². The van der Waals surface area contributed by atoms with Crippen molar-refractivity contribution in [3.63, 3.8) is 0 Å². The molecule has 0 nitrogen and oxygen atoms in total. The average Bonchev–Trinajstić information content (AvgIpc) is 2.28. The summed E-state index contributed by atoms with van der Waals surface area (Å²) in [5.41, 5.74) is 4.04. The largest absolute Gasteiger partial charge is 0.100 e. The second kappa shape index (κ2) is 4.52. The summed E-state index contributed by atoms with van der Waals surface area (Å²) in [6.45, 7) is 8.23. The molecule has 0 heteroatoms. The Hall–Kier alpha value is -1.56. The first-order valence-electron chi connectivity index (χ1n) is 5.80. The van der Waals surface area contributed by atoms with Crippen molar-refractivity contribution in [1.29, 1.82) is 0 Å². The van der Waals surface area contributed by atoms with Crippen molar-refractivity contribution in [2.45, 2.75) is 26.7 Å². The molecule has 16 heavy (non-hydrogen) atoms. The molecule has 0 amide bonds. The molecule has 0 aliphatic carbocycles. The van der Waals surface area contributed by atoms with Crippen molar-refractivity contribution in [1.82, 2.24) is 0 Å². The highest BCUT2D eigenvalue weighted by atomic mass is 14.1. The Balaban J connectivity index is 2.46. The Morgan fingerprint density at radius 2 is 1.75 bits per heavy atom. The number of benzene rings is 2. The van der Waals surface area contributed by atoms with Gasteiger partial charge in [-0.1, -0.05) is 42.0 Å². The van der Waals surface area contributed by atoms with Crippen molar-refractivity contribution >= 4 is 10.8 Å². The summed E-state index contributed by atoms with van der Waals surface area (Å²) in [4.78, 5) is 0. The predicted molar refractivity (Wildman–Crippen MR) is 71.8 cm³/mol. The topological polar surface area (TPSA) is 0 Å². The van der Waals surface area contributed by atoms with Gasteiger partial charge in [0, 0.05) is 0 Å². The molecule has 2 rings (SSSR count). The summed E-state index contributed by atoms with van der Waals surface area (Å²) in [5, 5.41) is 2.77. The third kappa shape index (κ3) is 2.16. The van der Waals surface area contributed by atoms with E-state index in [1.54, 1.807) is 0 Å². The van der Waals surface area contributed by atoms with Crippen LogP contribution in [0.5, 0.6) is 0 Å². The fourth-order valence-electron chi connectivity index (χ4n) is 2.08. The SMILES string of the molecule is C=C(C)CCc1ccc(C)c2ccccc12. The minimum Gasteiger partial charge on any atom is -0.100 e. The van der Waals surface area contributed by atoms with Gasteiger partial charge in [0.1, 0.15) is 0 Å². The molecule has 2 aromatic carbocycles. The minimum absolute atomic E-state index is 1.08. The van der Waals surface area contributed by atoms with Gasteiger partial charge in [0.05, 0.1) is 0 Å². The van der Waals surface area contributed by atoms with Crippen molar-refractivity contribution in [2.75, 3.05) is 0 Å². The van der Waals surface area contributed by atoms with Gasteiger partial charge in [-0.15, -0.1) is 6.58 Å². The Labute approximate surface area is 97.6 Å². The zero-order valence-electron chi connectivity index (χ0n) is 10.1. The van der Waals surface area contributed by atoms with Crippen LogP contribution in [0.2, 0.25) is 0 Å². The van der Waals surface area contributed by atoms with Crippen molar-refractivity contribution in [3.8, 4) is 0 Å². The summed E-state index contributed by atoms with van der Waals surface area (Å²) in [7, 11) is 0. The number of aryl methyl sites for hydroxylation is 2. The first-order chi connectivity index (χ1) is 7.68. The number of hydrogen-bond acceptors (Lipinski definition) is 0. The van der Waals surface area contributed by atoms with Gasteiger partial charge in [-0.25, -0.2) is 0 Å². The first kappa shape index (κ1) is 10.9. The molecule has 0 bridgehead atoms. The summed E-state index contributed by atoms with van der Waals surface area (Å²) < 4.78 is 0. The standard InChI is InChI=1S/C16H18/c1-12(2)8-10-14-11-9-13(3)15-6-4-5-7-16(14)15/h4-7,9,11H,1,8,10H2,2-3H3. The quantitative estimate of drug-likeness (QED) is 0.646. The van der Waals surface area contributed by atoms with Crippen LogP contribution < -0.4 is 0 Å². The van der Waals surface area contributed by atoms with Crippen LogP contribution in [0.3, 0.4) is 0 Å². The second-order valence-electron chi connectivity index (χ2n) is 4.54. The maximum absolute atomic E-state index is 3.97. The smallest absolute Gasteiger partial charge is 0.0149 e. The predicted octanol–water partition coefficient (Wildman–Crippen LogP) is 4.66. The van der Waals surface area contributed by atoms with Crippen LogP contribution in [-0.4, -0.2) is 0 Å². The number of allylic oxidation sites excluding steroid dienone is 1. The van der Waals surface area contributed by atoms with E-state index in [4.69, 9.17) is 0 Å². The normalized spacial score (nSPS) is 10.6. The summed E-state index contributed by atoms with van der Waals surface area (Å²) >= 11 is 0. The average molecular weight is 210 g/mol. The zero-order chi connectivity index (χ0) is 11.5. The molecule has 0 atom stereocenters. The summed E-state index contributed by atoms with van der Waals surface area (Å²) in [6, 6.07) is 13.1. The molecule has 0 radical (unpaired) electrons. The first-order valence-corrected chi connectivity index (χ1v) is 5.80. The van der Waals surface area contributed by atoms with E-state index in [1.165, 1.54) is 27.5 Å². The third-order valence-electron chi connectivity index (χ3n) is 3.05. The van der Waals surface area contributed by atoms with Crippen LogP contribution in [0.25, 0.3) is 10.8 Å². The lowest BCUT2D eigenvalue weighted by atomic mass is 9.96. The third-order valence-corrected chi connectivity index (χ3v) is 3.05. The van der Waals surface area contributed by atoms with Crippen LogP contribution in [0.1, 0.15) is 24.5 Å². The molecule has 0 heterocycles. The van der Waals surface area contributed by atoms with Crippen LogP contribution >= 0.6 is 0 Å². The molecule has 0 aliphatic heterocycles. The number of hydrogen-bond donors (Lipinski definition) is 0. The van der Waals surface area contributed by atoms with Crippen LogP contribution in [0.4, 0.5) is 0 Å². The van der Waals surface area contributed by atoms with E-state index in [9.17, 15) is 0 Å². The van der Waals surface area contributed by atoms with Crippen LogP contribution in [-0.2, 0) is 6.42 Å². The minimum atomic E-state index is 1.08. The molecule has 0 spiro atoms. The number of fused-ring (bicyclic) bond motifs is 1. The highest BCUT2D eigenvalue weighted by Gasteiger charge is 2.02. The molecule has 0 saturated carbocycles. The molecule has 82 valence electrons. The molecule has 0 N–H and O–H groups in total. The van der Waals surface area contributed by atoms with Gasteiger partial charge in [0.2, 0.25) is 0 Å². The molecule has 0 aliphatic rings. The van der Waals surface area contributed by atoms with Crippen molar-refractivity contribution in [3.05, 3.63) is 59.7 Å². The monoisotopic (exact) mass is 210 g/mol. The summed E-state index contributed by atoms with van der Waals surface area (Å²) in [5.74, 6) is 0. The highest BCUT2D eigenvalue weighted by Crippen LogP contribution is 2.23. The van der Waals surface area contributed by atoms with Gasteiger partial charge in [-0.3, -0.25) is 0 Å². The Bertz CT molecular complexity index is 521. The highest BCUT2D eigenvalue weighted by molar-refractivity contribution is 5.88. The Morgan fingerprint density at radius 1 is 1.06 bits per heavy atom. The molecule has 2 aromatic rings. The van der Waals surface area contributed by atoms with Crippen molar-refractivity contribution in [2.24, 2.45) is 0 Å². The summed E-state index contributed by atoms with van der Waals surface area (Å²) in [6.07, 6.45) is 2.17. The lowest BCUT2D eigenvalue weighted by Gasteiger charge is -2.08. The number of rotatable bonds is 3. The second-order valence-corrected chi connectivity index (χ2v) is 4.54. The fourth-order valence-corrected chi connectivity index (χ4v) is 2.08. The van der Waals surface area contributed by atoms with E-state index in [0.717, 1.165) is 12.8 Å². The van der Waals surface area contributed by atoms with Gasteiger partial charge in [-0.05, 0) is 48.6 Å². The maximum atomic E-state index is 3.97. The van der Waals surface area contributed by atoms with Crippen LogP contribution in [0, 0.1) is 6.92 Å². The molecule has 0 fully saturated rings. The van der Waals surface area contributed by atoms with Gasteiger partial charge < -0.3 is 0 Å². The Morgan fingerprint density at radius 3 is 2.44 bits per heavy atom. The van der Waals surface area contributed by atoms with E-state index < -0.39 is 0 Å². The van der Waals surface area contributed by atoms with E-state index >= 15 is 0 Å². The fraction of sp³-hybridized carbons (Fsp3) is 0.250. The van der Waals surface area contributed by atoms with Gasteiger partial charge in [0.25, 0.3) is 0 Å². The molecule has 0 aromatic heterocycles. The lowest BCUT2D eigenvalue weighted by molar-refractivity contribution is 0.953. The maximum Gasteiger partial charge on any atom is -0.0149 e. The molecular weight excluding hydrogens is 192 g/mol. The van der Waals surface area contributed by atoms with Gasteiger partial charge >= 0.3 is 0 Å². The zero-order valence-corrected chi connectivity index (χ0v) is 10.1. The van der Waals surface area contributed by atoms with Gasteiger partial charge in [0.15, 0.2) is 0 Å². The molecule has 0 unspecified atom stereocenters. The van der Waals surface area contributed by atoms with E-state index in [2.05, 4.69) is 56.8 Å². The molecular formula is C16H18.